The summed E-state index contributed by atoms with van der Waals surface area (Å²) in [6.45, 7) is 8.53. The molecule has 1 unspecified atom stereocenters. The third-order valence-electron chi connectivity index (χ3n) is 5.52. The molecule has 0 radical (unpaired) electrons. The summed E-state index contributed by atoms with van der Waals surface area (Å²) in [6.07, 6.45) is 0. The lowest BCUT2D eigenvalue weighted by Crippen LogP contribution is -2.46. The Morgan fingerprint density at radius 2 is 1.87 bits per heavy atom. The highest BCUT2D eigenvalue weighted by Gasteiger charge is 2.23. The molecule has 0 saturated carbocycles. The van der Waals surface area contributed by atoms with Crippen molar-refractivity contribution in [2.24, 2.45) is 12.0 Å². The van der Waals surface area contributed by atoms with Gasteiger partial charge in [0.15, 0.2) is 5.96 Å². The first-order valence-corrected chi connectivity index (χ1v) is 10.0. The zero-order chi connectivity index (χ0) is 20.8. The second kappa shape index (κ2) is 11.6. The van der Waals surface area contributed by atoms with Crippen molar-refractivity contribution in [3.05, 3.63) is 52.6 Å². The van der Waals surface area contributed by atoms with Gasteiger partial charge in [0.25, 0.3) is 0 Å². The molecule has 0 bridgehead atoms. The minimum absolute atomic E-state index is 0. The fraction of sp³-hybridized carbons (Fsp3) is 0.524. The van der Waals surface area contributed by atoms with Crippen molar-refractivity contribution in [3.63, 3.8) is 0 Å². The number of rotatable bonds is 6. The summed E-state index contributed by atoms with van der Waals surface area (Å²) in [5.41, 5.74) is 4.42. The molecule has 0 amide bonds. The molecule has 0 aliphatic carbocycles. The largest absolute Gasteiger partial charge is 0.379 e. The van der Waals surface area contributed by atoms with E-state index in [9.17, 15) is 4.39 Å². The number of nitrogens with zero attached hydrogens (tertiary/aromatic N) is 4. The van der Waals surface area contributed by atoms with Crippen LogP contribution in [0.4, 0.5) is 4.39 Å². The van der Waals surface area contributed by atoms with Crippen molar-refractivity contribution < 1.29 is 9.13 Å². The van der Waals surface area contributed by atoms with Gasteiger partial charge in [-0.1, -0.05) is 12.1 Å². The summed E-state index contributed by atoms with van der Waals surface area (Å²) in [4.78, 5) is 6.73. The SMILES string of the molecule is CN=C(NCc1c(C)nn(C)c1C)NCC(c1ccc(F)cc1)N1CCOCC1.I. The number of ether oxygens (including phenoxy) is 1. The highest BCUT2D eigenvalue weighted by molar-refractivity contribution is 14.0. The third-order valence-corrected chi connectivity index (χ3v) is 5.52. The number of benzene rings is 1. The summed E-state index contributed by atoms with van der Waals surface area (Å²) in [6, 6.07) is 6.86. The van der Waals surface area contributed by atoms with Gasteiger partial charge in [-0.05, 0) is 31.5 Å². The fourth-order valence-corrected chi connectivity index (χ4v) is 3.69. The van der Waals surface area contributed by atoms with Crippen LogP contribution in [0, 0.1) is 19.7 Å². The summed E-state index contributed by atoms with van der Waals surface area (Å²) in [7, 11) is 3.72. The first kappa shape index (κ1) is 24.5. The van der Waals surface area contributed by atoms with Gasteiger partial charge in [0.2, 0.25) is 0 Å². The zero-order valence-corrected chi connectivity index (χ0v) is 20.4. The number of hydrogen-bond donors (Lipinski definition) is 2. The van der Waals surface area contributed by atoms with Gasteiger partial charge >= 0.3 is 0 Å². The van der Waals surface area contributed by atoms with Crippen LogP contribution in [-0.4, -0.2) is 60.5 Å². The van der Waals surface area contributed by atoms with Crippen molar-refractivity contribution in [1.29, 1.82) is 0 Å². The molecule has 2 heterocycles. The van der Waals surface area contributed by atoms with Gasteiger partial charge in [-0.25, -0.2) is 4.39 Å². The van der Waals surface area contributed by atoms with E-state index in [1.807, 2.05) is 30.8 Å². The Morgan fingerprint density at radius 3 is 2.43 bits per heavy atom. The van der Waals surface area contributed by atoms with E-state index in [-0.39, 0.29) is 35.8 Å². The maximum absolute atomic E-state index is 13.4. The molecule has 1 aliphatic rings. The number of halogens is 2. The van der Waals surface area contributed by atoms with E-state index >= 15 is 0 Å². The molecular weight excluding hydrogens is 498 g/mol. The number of aryl methyl sites for hydroxylation is 2. The molecule has 2 N–H and O–H groups in total. The van der Waals surface area contributed by atoms with E-state index in [4.69, 9.17) is 4.74 Å². The number of nitrogens with one attached hydrogen (secondary N) is 2. The Hall–Kier alpha value is -1.72. The monoisotopic (exact) mass is 530 g/mol. The molecule has 30 heavy (non-hydrogen) atoms. The summed E-state index contributed by atoms with van der Waals surface area (Å²) < 4.78 is 20.8. The number of hydrogen-bond acceptors (Lipinski definition) is 4. The Labute approximate surface area is 195 Å². The lowest BCUT2D eigenvalue weighted by atomic mass is 10.0. The number of aromatic nitrogens is 2. The van der Waals surface area contributed by atoms with Gasteiger partial charge < -0.3 is 15.4 Å². The van der Waals surface area contributed by atoms with Crippen LogP contribution in [0.3, 0.4) is 0 Å². The van der Waals surface area contributed by atoms with Crippen molar-refractivity contribution in [2.45, 2.75) is 26.4 Å². The van der Waals surface area contributed by atoms with E-state index in [1.54, 1.807) is 7.05 Å². The summed E-state index contributed by atoms with van der Waals surface area (Å²) in [5.74, 6) is 0.509. The average molecular weight is 530 g/mol. The highest BCUT2D eigenvalue weighted by Crippen LogP contribution is 2.21. The molecule has 1 aromatic carbocycles. The standard InChI is InChI=1S/C21H31FN6O.HI/c1-15-19(16(2)27(4)26-15)13-24-21(23-3)25-14-20(28-9-11-29-12-10-28)17-5-7-18(22)8-6-17;/h5-8,20H,9-14H2,1-4H3,(H2,23,24,25);1H. The predicted molar refractivity (Wildman–Crippen MR) is 128 cm³/mol. The predicted octanol–water partition coefficient (Wildman–Crippen LogP) is 2.53. The van der Waals surface area contributed by atoms with Crippen molar-refractivity contribution in [3.8, 4) is 0 Å². The lowest BCUT2D eigenvalue weighted by molar-refractivity contribution is 0.0170. The Morgan fingerprint density at radius 1 is 1.20 bits per heavy atom. The lowest BCUT2D eigenvalue weighted by Gasteiger charge is -2.35. The molecule has 3 rings (SSSR count). The summed E-state index contributed by atoms with van der Waals surface area (Å²) in [5, 5.41) is 11.3. The molecule has 0 spiro atoms. The van der Waals surface area contributed by atoms with Crippen molar-refractivity contribution in [2.75, 3.05) is 39.9 Å². The quantitative estimate of drug-likeness (QED) is 0.342. The van der Waals surface area contributed by atoms with E-state index < -0.39 is 0 Å². The van der Waals surface area contributed by atoms with Crippen molar-refractivity contribution in [1.82, 2.24) is 25.3 Å². The van der Waals surface area contributed by atoms with Crippen LogP contribution in [0.25, 0.3) is 0 Å². The molecule has 9 heteroatoms. The highest BCUT2D eigenvalue weighted by atomic mass is 127. The van der Waals surface area contributed by atoms with E-state index in [2.05, 4.69) is 32.5 Å². The number of aliphatic imine (C=N–C) groups is 1. The molecule has 1 aliphatic heterocycles. The molecule has 7 nitrogen and oxygen atoms in total. The minimum Gasteiger partial charge on any atom is -0.379 e. The van der Waals surface area contributed by atoms with Gasteiger partial charge in [0.05, 0.1) is 24.9 Å². The normalized spacial score (nSPS) is 16.1. The Kier molecular flexibility index (Phi) is 9.50. The average Bonchev–Trinajstić information content (AvgIpc) is 2.98. The van der Waals surface area contributed by atoms with Gasteiger partial charge in [-0.3, -0.25) is 14.6 Å². The second-order valence-electron chi connectivity index (χ2n) is 7.30. The van der Waals surface area contributed by atoms with E-state index in [1.165, 1.54) is 17.7 Å². The number of guanidine groups is 1. The maximum atomic E-state index is 13.4. The second-order valence-corrected chi connectivity index (χ2v) is 7.30. The maximum Gasteiger partial charge on any atom is 0.191 e. The molecule has 1 saturated heterocycles. The van der Waals surface area contributed by atoms with Crippen LogP contribution in [0.1, 0.15) is 28.6 Å². The van der Waals surface area contributed by atoms with Gasteiger partial charge in [0, 0.05) is 51.5 Å². The van der Waals surface area contributed by atoms with Crippen LogP contribution in [-0.2, 0) is 18.3 Å². The van der Waals surface area contributed by atoms with Gasteiger partial charge in [-0.2, -0.15) is 5.10 Å². The smallest absolute Gasteiger partial charge is 0.191 e. The zero-order valence-electron chi connectivity index (χ0n) is 18.1. The first-order chi connectivity index (χ1) is 14.0. The van der Waals surface area contributed by atoms with Crippen LogP contribution in [0.2, 0.25) is 0 Å². The van der Waals surface area contributed by atoms with Gasteiger partial charge in [-0.15, -0.1) is 24.0 Å². The third kappa shape index (κ3) is 6.14. The van der Waals surface area contributed by atoms with Crippen LogP contribution < -0.4 is 10.6 Å². The van der Waals surface area contributed by atoms with Crippen LogP contribution in [0.15, 0.2) is 29.3 Å². The number of morpholine rings is 1. The van der Waals surface area contributed by atoms with Gasteiger partial charge in [0.1, 0.15) is 5.82 Å². The molecule has 1 fully saturated rings. The topological polar surface area (TPSA) is 66.7 Å². The first-order valence-electron chi connectivity index (χ1n) is 10.0. The Balaban J connectivity index is 0.00000320. The van der Waals surface area contributed by atoms with Crippen LogP contribution in [0.5, 0.6) is 0 Å². The molecule has 1 atom stereocenters. The molecular formula is C21H32FIN6O. The van der Waals surface area contributed by atoms with Crippen LogP contribution >= 0.6 is 24.0 Å². The Bertz CT molecular complexity index is 833. The molecule has 2 aromatic rings. The summed E-state index contributed by atoms with van der Waals surface area (Å²) >= 11 is 0. The minimum atomic E-state index is -0.220. The molecule has 166 valence electrons. The molecule has 1 aromatic heterocycles. The van der Waals surface area contributed by atoms with E-state index in [0.717, 1.165) is 36.0 Å². The fourth-order valence-electron chi connectivity index (χ4n) is 3.69. The van der Waals surface area contributed by atoms with E-state index in [0.29, 0.717) is 26.3 Å². The van der Waals surface area contributed by atoms with Crippen molar-refractivity contribution >= 4 is 29.9 Å².